The van der Waals surface area contributed by atoms with Crippen molar-refractivity contribution < 1.29 is 8.02 Å². The van der Waals surface area contributed by atoms with E-state index in [0.717, 1.165) is 12.8 Å². The van der Waals surface area contributed by atoms with Crippen LogP contribution in [0.2, 0.25) is 5.32 Å². The normalized spacial score (nSPS) is 14.0. The second-order valence-corrected chi connectivity index (χ2v) is 3.58. The first kappa shape index (κ1) is 7.28. The van der Waals surface area contributed by atoms with Crippen molar-refractivity contribution in [1.82, 2.24) is 0 Å². The Morgan fingerprint density at radius 1 is 1.71 bits per heavy atom. The minimum atomic E-state index is -2.33. The summed E-state index contributed by atoms with van der Waals surface area (Å²) in [6.45, 7) is 2.01. The third-order valence-corrected chi connectivity index (χ3v) is 2.01. The first-order valence-electron chi connectivity index (χ1n) is 2.35. The Balaban J connectivity index is 2.82. The molecule has 3 heteroatoms. The van der Waals surface area contributed by atoms with Gasteiger partial charge in [-0.2, -0.15) is 0 Å². The van der Waals surface area contributed by atoms with Crippen LogP contribution in [0.4, 0.5) is 0 Å². The van der Waals surface area contributed by atoms with Gasteiger partial charge in [-0.05, 0) is 0 Å². The van der Waals surface area contributed by atoms with Gasteiger partial charge in [0.15, 0.2) is 0 Å². The standard InChI is InChI=1S/C4H10O2Se/c1-2-3-4-7(5)6/h2-4H2,1H3,(H,5,6). The minimum absolute atomic E-state index is 0.524. The van der Waals surface area contributed by atoms with Gasteiger partial charge in [0.1, 0.15) is 0 Å². The summed E-state index contributed by atoms with van der Waals surface area (Å²) in [5.74, 6) is 0. The Labute approximate surface area is 48.0 Å². The van der Waals surface area contributed by atoms with E-state index < -0.39 is 14.2 Å². The Kier molecular flexibility index (Phi) is 4.62. The van der Waals surface area contributed by atoms with Crippen LogP contribution in [-0.2, 0) is 3.83 Å². The van der Waals surface area contributed by atoms with Crippen molar-refractivity contribution in [3.05, 3.63) is 0 Å². The molecule has 0 saturated carbocycles. The average molecular weight is 169 g/mol. The molecule has 0 amide bonds. The number of rotatable bonds is 3. The molecule has 7 heavy (non-hydrogen) atoms. The third kappa shape index (κ3) is 6.28. The molecular weight excluding hydrogens is 159 g/mol. The molecule has 0 aliphatic heterocycles. The van der Waals surface area contributed by atoms with E-state index in [9.17, 15) is 3.83 Å². The average Bonchev–Trinajstić information content (AvgIpc) is 1.61. The van der Waals surface area contributed by atoms with Crippen LogP contribution < -0.4 is 0 Å². The van der Waals surface area contributed by atoms with Gasteiger partial charge in [0, 0.05) is 0 Å². The van der Waals surface area contributed by atoms with Crippen molar-refractivity contribution in [3.8, 4) is 0 Å². The van der Waals surface area contributed by atoms with E-state index in [-0.39, 0.29) is 0 Å². The van der Waals surface area contributed by atoms with Crippen molar-refractivity contribution >= 4 is 14.2 Å². The second kappa shape index (κ2) is 4.44. The van der Waals surface area contributed by atoms with Crippen molar-refractivity contribution in [2.24, 2.45) is 0 Å². The van der Waals surface area contributed by atoms with E-state index in [4.69, 9.17) is 4.19 Å². The molecule has 0 aromatic carbocycles. The fraction of sp³-hybridized carbons (Fsp3) is 1.00. The molecule has 0 aromatic heterocycles. The van der Waals surface area contributed by atoms with Gasteiger partial charge in [0.25, 0.3) is 0 Å². The van der Waals surface area contributed by atoms with Crippen molar-refractivity contribution in [2.75, 3.05) is 0 Å². The van der Waals surface area contributed by atoms with Gasteiger partial charge in [-0.3, -0.25) is 0 Å². The first-order valence-corrected chi connectivity index (χ1v) is 5.02. The number of hydrogen-bond acceptors (Lipinski definition) is 1. The quantitative estimate of drug-likeness (QED) is 0.631. The molecule has 0 spiro atoms. The first-order chi connectivity index (χ1) is 3.27. The van der Waals surface area contributed by atoms with Crippen molar-refractivity contribution in [2.45, 2.75) is 25.1 Å². The molecule has 0 rings (SSSR count). The summed E-state index contributed by atoms with van der Waals surface area (Å²) in [5, 5.41) is 0.524. The predicted octanol–water partition coefficient (Wildman–Crippen LogP) is 0.698. The zero-order valence-electron chi connectivity index (χ0n) is 4.39. The topological polar surface area (TPSA) is 37.3 Å². The molecule has 1 atom stereocenters. The monoisotopic (exact) mass is 170 g/mol. The maximum atomic E-state index is 9.97. The van der Waals surface area contributed by atoms with Crippen LogP contribution in [0, 0.1) is 0 Å². The SMILES string of the molecule is CCCC[Se](=O)O. The zero-order valence-corrected chi connectivity index (χ0v) is 6.10. The molecule has 1 N–H and O–H groups in total. The molecule has 44 valence electrons. The molecule has 0 radical (unpaired) electrons. The Bertz CT molecular complexity index is 62.7. The summed E-state index contributed by atoms with van der Waals surface area (Å²) in [6.07, 6.45) is 1.91. The molecule has 1 unspecified atom stereocenters. The van der Waals surface area contributed by atoms with Crippen molar-refractivity contribution in [3.63, 3.8) is 0 Å². The molecule has 2 nitrogen and oxygen atoms in total. The fourth-order valence-electron chi connectivity index (χ4n) is 0.268. The summed E-state index contributed by atoms with van der Waals surface area (Å²) in [4.78, 5) is 0. The molecule has 0 fully saturated rings. The molecule has 0 aliphatic rings. The van der Waals surface area contributed by atoms with Gasteiger partial charge in [-0.15, -0.1) is 0 Å². The number of unbranched alkanes of at least 4 members (excludes halogenated alkanes) is 1. The number of hydrogen-bond donors (Lipinski definition) is 1. The van der Waals surface area contributed by atoms with Crippen LogP contribution in [0.25, 0.3) is 0 Å². The Morgan fingerprint density at radius 2 is 2.29 bits per heavy atom. The van der Waals surface area contributed by atoms with Crippen molar-refractivity contribution in [1.29, 1.82) is 0 Å². The van der Waals surface area contributed by atoms with E-state index >= 15 is 0 Å². The van der Waals surface area contributed by atoms with Gasteiger partial charge in [-0.25, -0.2) is 0 Å². The summed E-state index contributed by atoms with van der Waals surface area (Å²) in [7, 11) is 0. The van der Waals surface area contributed by atoms with Gasteiger partial charge in [0.05, 0.1) is 0 Å². The van der Waals surface area contributed by atoms with Crippen LogP contribution in [0.3, 0.4) is 0 Å². The van der Waals surface area contributed by atoms with Crippen LogP contribution in [-0.4, -0.2) is 18.4 Å². The molecule has 0 aliphatic carbocycles. The summed E-state index contributed by atoms with van der Waals surface area (Å²) in [5.41, 5.74) is 0. The van der Waals surface area contributed by atoms with E-state index in [1.54, 1.807) is 0 Å². The van der Waals surface area contributed by atoms with Crippen LogP contribution in [0.15, 0.2) is 0 Å². The van der Waals surface area contributed by atoms with Crippen LogP contribution in [0.5, 0.6) is 0 Å². The van der Waals surface area contributed by atoms with E-state index in [2.05, 4.69) is 0 Å². The van der Waals surface area contributed by atoms with Crippen LogP contribution >= 0.6 is 0 Å². The summed E-state index contributed by atoms with van der Waals surface area (Å²) in [6, 6.07) is 0. The molecule has 0 saturated heterocycles. The Hall–Kier alpha value is 0.279. The molecular formula is C4H10O2Se. The summed E-state index contributed by atoms with van der Waals surface area (Å²) < 4.78 is 18.2. The van der Waals surface area contributed by atoms with E-state index in [0.29, 0.717) is 5.32 Å². The van der Waals surface area contributed by atoms with E-state index in [1.165, 1.54) is 0 Å². The van der Waals surface area contributed by atoms with Gasteiger partial charge in [0.2, 0.25) is 0 Å². The molecule has 0 heterocycles. The zero-order chi connectivity index (χ0) is 5.70. The third-order valence-electron chi connectivity index (χ3n) is 0.673. The molecule has 0 aromatic rings. The van der Waals surface area contributed by atoms with Crippen LogP contribution in [0.1, 0.15) is 19.8 Å². The van der Waals surface area contributed by atoms with E-state index in [1.807, 2.05) is 6.92 Å². The Morgan fingerprint density at radius 3 is 2.43 bits per heavy atom. The fourth-order valence-corrected chi connectivity index (χ4v) is 1.39. The second-order valence-electron chi connectivity index (χ2n) is 1.38. The van der Waals surface area contributed by atoms with Gasteiger partial charge in [-0.1, -0.05) is 0 Å². The maximum absolute atomic E-state index is 9.97. The predicted molar refractivity (Wildman–Crippen MR) is 28.4 cm³/mol. The van der Waals surface area contributed by atoms with Gasteiger partial charge >= 0.3 is 47.3 Å². The van der Waals surface area contributed by atoms with Gasteiger partial charge < -0.3 is 0 Å². The molecule has 0 bridgehead atoms. The summed E-state index contributed by atoms with van der Waals surface area (Å²) >= 11 is -2.33.